The van der Waals surface area contributed by atoms with Crippen LogP contribution in [0.1, 0.15) is 23.8 Å². The summed E-state index contributed by atoms with van der Waals surface area (Å²) < 4.78 is 0. The minimum absolute atomic E-state index is 0.618. The van der Waals surface area contributed by atoms with Crippen molar-refractivity contribution in [2.45, 2.75) is 18.8 Å². The molecule has 3 heterocycles. The van der Waals surface area contributed by atoms with E-state index in [0.717, 1.165) is 18.1 Å². The molecule has 0 aliphatic carbocycles. The lowest BCUT2D eigenvalue weighted by molar-refractivity contribution is 0.457. The van der Waals surface area contributed by atoms with E-state index in [-0.39, 0.29) is 0 Å². The Labute approximate surface area is 103 Å². The molecule has 3 nitrogen and oxygen atoms in total. The summed E-state index contributed by atoms with van der Waals surface area (Å²) >= 11 is 3.49. The zero-order chi connectivity index (χ0) is 10.8. The van der Waals surface area contributed by atoms with Crippen LogP contribution in [0, 0.1) is 0 Å². The normalized spacial score (nSPS) is 17.8. The van der Waals surface area contributed by atoms with E-state index in [2.05, 4.69) is 33.0 Å². The fourth-order valence-electron chi connectivity index (χ4n) is 1.97. The maximum atomic E-state index is 4.34. The Hall–Kier alpha value is -0.780. The molecular formula is C11H13N3S2. The van der Waals surface area contributed by atoms with Crippen molar-refractivity contribution in [3.8, 4) is 9.88 Å². The lowest BCUT2D eigenvalue weighted by Gasteiger charge is -2.19. The number of nitrogens with one attached hydrogen (secondary N) is 1. The fraction of sp³-hybridized carbons (Fsp3) is 0.455. The first kappa shape index (κ1) is 10.4. The van der Waals surface area contributed by atoms with Crippen LogP contribution in [-0.4, -0.2) is 23.3 Å². The van der Waals surface area contributed by atoms with Gasteiger partial charge in [0.05, 0.1) is 4.88 Å². The fourth-order valence-corrected chi connectivity index (χ4v) is 3.77. The van der Waals surface area contributed by atoms with E-state index in [1.165, 1.54) is 22.7 Å². The average Bonchev–Trinajstić information content (AvgIpc) is 3.01. The first-order valence-electron chi connectivity index (χ1n) is 5.51. The highest BCUT2D eigenvalue weighted by Crippen LogP contribution is 2.33. The maximum Gasteiger partial charge on any atom is 0.157 e. The Morgan fingerprint density at radius 3 is 2.88 bits per heavy atom. The number of thiophene rings is 1. The predicted octanol–water partition coefficient (Wildman–Crippen LogP) is 2.73. The Morgan fingerprint density at radius 1 is 1.25 bits per heavy atom. The van der Waals surface area contributed by atoms with Crippen molar-refractivity contribution in [2.24, 2.45) is 0 Å². The van der Waals surface area contributed by atoms with E-state index in [1.54, 1.807) is 22.7 Å². The van der Waals surface area contributed by atoms with Gasteiger partial charge in [-0.05, 0) is 37.4 Å². The minimum Gasteiger partial charge on any atom is -0.317 e. The second-order valence-electron chi connectivity index (χ2n) is 3.95. The Kier molecular flexibility index (Phi) is 2.99. The van der Waals surface area contributed by atoms with E-state index in [4.69, 9.17) is 0 Å². The second kappa shape index (κ2) is 4.61. The molecule has 0 amide bonds. The Morgan fingerprint density at radius 2 is 2.12 bits per heavy atom. The van der Waals surface area contributed by atoms with E-state index >= 15 is 0 Å². The summed E-state index contributed by atoms with van der Waals surface area (Å²) in [6.07, 6.45) is 2.39. The lowest BCUT2D eigenvalue weighted by atomic mass is 9.99. The van der Waals surface area contributed by atoms with Gasteiger partial charge in [0.15, 0.2) is 5.01 Å². The average molecular weight is 251 g/mol. The van der Waals surface area contributed by atoms with E-state index in [9.17, 15) is 0 Å². The standard InChI is InChI=1S/C11H13N3S2/c1-2-9(15-7-1)11-14-13-10(16-11)8-3-5-12-6-4-8/h1-2,7-8,12H,3-6H2. The van der Waals surface area contributed by atoms with Crippen molar-refractivity contribution in [3.63, 3.8) is 0 Å². The van der Waals surface area contributed by atoms with Crippen molar-refractivity contribution in [3.05, 3.63) is 22.5 Å². The van der Waals surface area contributed by atoms with E-state index < -0.39 is 0 Å². The first-order chi connectivity index (χ1) is 7.93. The third-order valence-electron chi connectivity index (χ3n) is 2.86. The summed E-state index contributed by atoms with van der Waals surface area (Å²) in [7, 11) is 0. The third kappa shape index (κ3) is 2.03. The van der Waals surface area contributed by atoms with Crippen LogP contribution in [0.15, 0.2) is 17.5 Å². The van der Waals surface area contributed by atoms with Crippen molar-refractivity contribution < 1.29 is 0 Å². The largest absolute Gasteiger partial charge is 0.317 e. The van der Waals surface area contributed by atoms with Crippen LogP contribution in [0.25, 0.3) is 9.88 Å². The molecule has 0 spiro atoms. The molecule has 0 bridgehead atoms. The van der Waals surface area contributed by atoms with Gasteiger partial charge in [-0.15, -0.1) is 21.5 Å². The van der Waals surface area contributed by atoms with Gasteiger partial charge in [-0.2, -0.15) is 0 Å². The van der Waals surface area contributed by atoms with Gasteiger partial charge < -0.3 is 5.32 Å². The molecular weight excluding hydrogens is 238 g/mol. The quantitative estimate of drug-likeness (QED) is 0.892. The van der Waals surface area contributed by atoms with Gasteiger partial charge in [0.1, 0.15) is 5.01 Å². The first-order valence-corrected chi connectivity index (χ1v) is 7.21. The molecule has 84 valence electrons. The highest BCUT2D eigenvalue weighted by Gasteiger charge is 2.19. The van der Waals surface area contributed by atoms with Gasteiger partial charge in [0, 0.05) is 5.92 Å². The van der Waals surface area contributed by atoms with Gasteiger partial charge in [-0.1, -0.05) is 17.4 Å². The zero-order valence-corrected chi connectivity index (χ0v) is 10.5. The molecule has 1 aliphatic heterocycles. The summed E-state index contributed by atoms with van der Waals surface area (Å²) in [5.74, 6) is 0.618. The molecule has 1 saturated heterocycles. The third-order valence-corrected chi connectivity index (χ3v) is 4.99. The molecule has 2 aromatic heterocycles. The van der Waals surface area contributed by atoms with Crippen LogP contribution in [0.3, 0.4) is 0 Å². The molecule has 5 heteroatoms. The smallest absolute Gasteiger partial charge is 0.157 e. The van der Waals surface area contributed by atoms with Crippen LogP contribution in [0.5, 0.6) is 0 Å². The second-order valence-corrected chi connectivity index (χ2v) is 5.90. The summed E-state index contributed by atoms with van der Waals surface area (Å²) in [5.41, 5.74) is 0. The molecule has 1 N–H and O–H groups in total. The van der Waals surface area contributed by atoms with E-state index in [1.807, 2.05) is 0 Å². The van der Waals surface area contributed by atoms with Crippen LogP contribution in [0.2, 0.25) is 0 Å². The van der Waals surface area contributed by atoms with Crippen molar-refractivity contribution in [1.29, 1.82) is 0 Å². The molecule has 0 atom stereocenters. The molecule has 0 radical (unpaired) electrons. The predicted molar refractivity (Wildman–Crippen MR) is 68.1 cm³/mol. The molecule has 0 unspecified atom stereocenters. The Bertz CT molecular complexity index is 444. The number of rotatable bonds is 2. The highest BCUT2D eigenvalue weighted by molar-refractivity contribution is 7.20. The highest BCUT2D eigenvalue weighted by atomic mass is 32.1. The van der Waals surface area contributed by atoms with Gasteiger partial charge in [-0.3, -0.25) is 0 Å². The summed E-state index contributed by atoms with van der Waals surface area (Å²) in [5, 5.41) is 16.4. The number of hydrogen-bond acceptors (Lipinski definition) is 5. The summed E-state index contributed by atoms with van der Waals surface area (Å²) in [6, 6.07) is 4.17. The number of hydrogen-bond donors (Lipinski definition) is 1. The maximum absolute atomic E-state index is 4.34. The zero-order valence-electron chi connectivity index (χ0n) is 8.85. The monoisotopic (exact) mass is 251 g/mol. The summed E-state index contributed by atoms with van der Waals surface area (Å²) in [6.45, 7) is 2.22. The molecule has 2 aromatic rings. The molecule has 0 aromatic carbocycles. The minimum atomic E-state index is 0.618. The van der Waals surface area contributed by atoms with Crippen LogP contribution in [-0.2, 0) is 0 Å². The van der Waals surface area contributed by atoms with Crippen LogP contribution >= 0.6 is 22.7 Å². The number of nitrogens with zero attached hydrogens (tertiary/aromatic N) is 2. The van der Waals surface area contributed by atoms with Gasteiger partial charge in [0.25, 0.3) is 0 Å². The summed E-state index contributed by atoms with van der Waals surface area (Å²) in [4.78, 5) is 1.23. The van der Waals surface area contributed by atoms with Gasteiger partial charge >= 0.3 is 0 Å². The molecule has 0 saturated carbocycles. The van der Waals surface area contributed by atoms with Crippen LogP contribution < -0.4 is 5.32 Å². The molecule has 1 aliphatic rings. The lowest BCUT2D eigenvalue weighted by Crippen LogP contribution is -2.26. The van der Waals surface area contributed by atoms with Crippen molar-refractivity contribution >= 4 is 22.7 Å². The Balaban J connectivity index is 1.82. The van der Waals surface area contributed by atoms with Crippen molar-refractivity contribution in [1.82, 2.24) is 15.5 Å². The topological polar surface area (TPSA) is 37.8 Å². The molecule has 16 heavy (non-hydrogen) atoms. The van der Waals surface area contributed by atoms with E-state index in [0.29, 0.717) is 5.92 Å². The van der Waals surface area contributed by atoms with Crippen LogP contribution in [0.4, 0.5) is 0 Å². The number of aromatic nitrogens is 2. The van der Waals surface area contributed by atoms with Gasteiger partial charge in [0.2, 0.25) is 0 Å². The van der Waals surface area contributed by atoms with Gasteiger partial charge in [-0.25, -0.2) is 0 Å². The SMILES string of the molecule is c1csc(-c2nnc(C3CCNCC3)s2)c1. The van der Waals surface area contributed by atoms with Crippen molar-refractivity contribution in [2.75, 3.05) is 13.1 Å². The number of piperidine rings is 1. The molecule has 1 fully saturated rings. The molecule has 3 rings (SSSR count).